The van der Waals surface area contributed by atoms with Crippen molar-refractivity contribution in [3.05, 3.63) is 24.4 Å². The summed E-state index contributed by atoms with van der Waals surface area (Å²) < 4.78 is 5.30. The van der Waals surface area contributed by atoms with Crippen LogP contribution in [0.4, 0.5) is 16.3 Å². The van der Waals surface area contributed by atoms with E-state index in [9.17, 15) is 4.79 Å². The number of fused-ring (bicyclic) bond motifs is 1. The molecule has 1 aromatic carbocycles. The van der Waals surface area contributed by atoms with Gasteiger partial charge in [0.15, 0.2) is 0 Å². The molecule has 1 aromatic heterocycles. The van der Waals surface area contributed by atoms with Crippen LogP contribution in [0.25, 0.3) is 11.0 Å². The Labute approximate surface area is 153 Å². The van der Waals surface area contributed by atoms with Crippen molar-refractivity contribution in [2.24, 2.45) is 5.92 Å². The van der Waals surface area contributed by atoms with Crippen molar-refractivity contribution in [3.8, 4) is 0 Å². The Morgan fingerprint density at radius 1 is 1.38 bits per heavy atom. The summed E-state index contributed by atoms with van der Waals surface area (Å²) in [4.78, 5) is 23.3. The van der Waals surface area contributed by atoms with Gasteiger partial charge in [0.25, 0.3) is 0 Å². The molecular weight excluding hydrogens is 330 g/mol. The number of nitrogens with two attached hydrogens (primary N) is 1. The van der Waals surface area contributed by atoms with E-state index >= 15 is 0 Å². The number of nitrogen functional groups attached to an aromatic ring is 1. The zero-order valence-electron chi connectivity index (χ0n) is 15.7. The second kappa shape index (κ2) is 7.35. The maximum atomic E-state index is 11.8. The van der Waals surface area contributed by atoms with Gasteiger partial charge in [0.1, 0.15) is 11.4 Å². The molecule has 0 spiro atoms. The molecule has 0 aliphatic carbocycles. The molecule has 7 nitrogen and oxygen atoms in total. The van der Waals surface area contributed by atoms with E-state index in [0.717, 1.165) is 42.8 Å². The minimum absolute atomic E-state index is 0.361. The molecule has 26 heavy (non-hydrogen) atoms. The molecule has 0 saturated carbocycles. The molecule has 1 fully saturated rings. The van der Waals surface area contributed by atoms with E-state index in [1.807, 2.05) is 39.0 Å². The Bertz CT molecular complexity index is 787. The molecule has 1 aliphatic heterocycles. The van der Waals surface area contributed by atoms with Crippen LogP contribution in [0.5, 0.6) is 0 Å². The standard InChI is InChI=1S/C19H27N5O2/c1-19(2,3)26-18(25)22-10-13-5-4-8-24(12-13)17-11-21-16-9-14(20)6-7-15(16)23-17/h6-7,9,11,13H,4-5,8,10,12,20H2,1-3H3,(H,22,25)/t13-/m0/s1. The summed E-state index contributed by atoms with van der Waals surface area (Å²) in [6.45, 7) is 7.97. The highest BCUT2D eigenvalue weighted by Crippen LogP contribution is 2.23. The number of nitrogens with one attached hydrogen (secondary N) is 1. The minimum Gasteiger partial charge on any atom is -0.444 e. The number of carbonyl (C=O) groups excluding carboxylic acids is 1. The third-order valence-electron chi connectivity index (χ3n) is 4.33. The van der Waals surface area contributed by atoms with Crippen molar-refractivity contribution in [1.82, 2.24) is 15.3 Å². The van der Waals surface area contributed by atoms with E-state index in [1.54, 1.807) is 6.20 Å². The van der Waals surface area contributed by atoms with Crippen LogP contribution in [-0.4, -0.2) is 41.3 Å². The molecule has 0 radical (unpaired) electrons. The van der Waals surface area contributed by atoms with Crippen molar-refractivity contribution in [2.75, 3.05) is 30.3 Å². The van der Waals surface area contributed by atoms with Crippen LogP contribution in [-0.2, 0) is 4.74 Å². The number of benzene rings is 1. The maximum Gasteiger partial charge on any atom is 0.407 e. The molecule has 3 rings (SSSR count). The van der Waals surface area contributed by atoms with Crippen LogP contribution in [0.2, 0.25) is 0 Å². The van der Waals surface area contributed by atoms with Crippen LogP contribution in [0, 0.1) is 5.92 Å². The molecule has 1 atom stereocenters. The van der Waals surface area contributed by atoms with Crippen LogP contribution in [0.1, 0.15) is 33.6 Å². The van der Waals surface area contributed by atoms with Gasteiger partial charge in [-0.05, 0) is 57.7 Å². The number of aromatic nitrogens is 2. The zero-order valence-corrected chi connectivity index (χ0v) is 15.7. The number of hydrogen-bond acceptors (Lipinski definition) is 6. The highest BCUT2D eigenvalue weighted by molar-refractivity contribution is 5.79. The van der Waals surface area contributed by atoms with Gasteiger partial charge in [0.2, 0.25) is 0 Å². The number of ether oxygens (including phenoxy) is 1. The van der Waals surface area contributed by atoms with Crippen molar-refractivity contribution >= 4 is 28.6 Å². The first-order chi connectivity index (χ1) is 12.3. The highest BCUT2D eigenvalue weighted by Gasteiger charge is 2.23. The largest absolute Gasteiger partial charge is 0.444 e. The average molecular weight is 357 g/mol. The second-order valence-corrected chi connectivity index (χ2v) is 7.81. The Morgan fingerprint density at radius 3 is 2.96 bits per heavy atom. The second-order valence-electron chi connectivity index (χ2n) is 7.81. The monoisotopic (exact) mass is 357 g/mol. The summed E-state index contributed by atoms with van der Waals surface area (Å²) in [6, 6.07) is 5.56. The molecular formula is C19H27N5O2. The van der Waals surface area contributed by atoms with E-state index in [1.165, 1.54) is 0 Å². The summed E-state index contributed by atoms with van der Waals surface area (Å²) in [5.41, 5.74) is 7.64. The van der Waals surface area contributed by atoms with Gasteiger partial charge >= 0.3 is 6.09 Å². The number of alkyl carbamates (subject to hydrolysis) is 1. The van der Waals surface area contributed by atoms with Crippen molar-refractivity contribution < 1.29 is 9.53 Å². The van der Waals surface area contributed by atoms with Crippen molar-refractivity contribution in [1.29, 1.82) is 0 Å². The quantitative estimate of drug-likeness (QED) is 0.820. The van der Waals surface area contributed by atoms with Crippen LogP contribution >= 0.6 is 0 Å². The van der Waals surface area contributed by atoms with E-state index in [0.29, 0.717) is 18.2 Å². The fourth-order valence-electron chi connectivity index (χ4n) is 3.15. The third kappa shape index (κ3) is 4.74. The van der Waals surface area contributed by atoms with Crippen LogP contribution in [0.15, 0.2) is 24.4 Å². The maximum absolute atomic E-state index is 11.8. The van der Waals surface area contributed by atoms with E-state index in [2.05, 4.69) is 15.2 Å². The predicted molar refractivity (Wildman–Crippen MR) is 103 cm³/mol. The molecule has 3 N–H and O–H groups in total. The molecule has 0 bridgehead atoms. The average Bonchev–Trinajstić information content (AvgIpc) is 2.58. The summed E-state index contributed by atoms with van der Waals surface area (Å²) in [5.74, 6) is 1.23. The van der Waals surface area contributed by atoms with Gasteiger partial charge in [0, 0.05) is 25.3 Å². The van der Waals surface area contributed by atoms with Gasteiger partial charge in [-0.15, -0.1) is 0 Å². The first-order valence-corrected chi connectivity index (χ1v) is 9.04. The van der Waals surface area contributed by atoms with E-state index < -0.39 is 5.60 Å². The zero-order chi connectivity index (χ0) is 18.7. The Morgan fingerprint density at radius 2 is 2.19 bits per heavy atom. The Balaban J connectivity index is 1.61. The smallest absolute Gasteiger partial charge is 0.407 e. The number of piperidine rings is 1. The number of hydrogen-bond donors (Lipinski definition) is 2. The minimum atomic E-state index is -0.479. The normalized spacial score (nSPS) is 18.0. The summed E-state index contributed by atoms with van der Waals surface area (Å²) in [5, 5.41) is 2.88. The molecule has 1 amide bonds. The lowest BCUT2D eigenvalue weighted by molar-refractivity contribution is 0.0517. The lowest BCUT2D eigenvalue weighted by atomic mass is 9.98. The van der Waals surface area contributed by atoms with Crippen LogP contribution in [0.3, 0.4) is 0 Å². The molecule has 7 heteroatoms. The van der Waals surface area contributed by atoms with E-state index in [4.69, 9.17) is 15.5 Å². The third-order valence-corrected chi connectivity index (χ3v) is 4.33. The van der Waals surface area contributed by atoms with Gasteiger partial charge in [0.05, 0.1) is 17.2 Å². The lowest BCUT2D eigenvalue weighted by Crippen LogP contribution is -2.42. The highest BCUT2D eigenvalue weighted by atomic mass is 16.6. The van der Waals surface area contributed by atoms with Gasteiger partial charge in [-0.1, -0.05) is 0 Å². The van der Waals surface area contributed by atoms with Crippen LogP contribution < -0.4 is 16.0 Å². The van der Waals surface area contributed by atoms with Gasteiger partial charge in [-0.25, -0.2) is 9.78 Å². The Kier molecular flexibility index (Phi) is 5.15. The predicted octanol–water partition coefficient (Wildman–Crippen LogP) is 2.95. The fraction of sp³-hybridized carbons (Fsp3) is 0.526. The van der Waals surface area contributed by atoms with Crippen molar-refractivity contribution in [2.45, 2.75) is 39.2 Å². The fourth-order valence-corrected chi connectivity index (χ4v) is 3.15. The number of anilines is 2. The molecule has 1 aliphatic rings. The topological polar surface area (TPSA) is 93.4 Å². The van der Waals surface area contributed by atoms with E-state index in [-0.39, 0.29) is 6.09 Å². The van der Waals surface area contributed by atoms with Gasteiger partial charge in [-0.2, -0.15) is 0 Å². The molecule has 0 unspecified atom stereocenters. The number of carbonyl (C=O) groups is 1. The molecule has 2 heterocycles. The van der Waals surface area contributed by atoms with Crippen molar-refractivity contribution in [3.63, 3.8) is 0 Å². The molecule has 1 saturated heterocycles. The van der Waals surface area contributed by atoms with Gasteiger partial charge < -0.3 is 20.7 Å². The SMILES string of the molecule is CC(C)(C)OC(=O)NC[C@@H]1CCCN(c2cnc3cc(N)ccc3n2)C1. The molecule has 2 aromatic rings. The number of nitrogens with zero attached hydrogens (tertiary/aromatic N) is 3. The Hall–Kier alpha value is -2.57. The summed E-state index contributed by atoms with van der Waals surface area (Å²) in [7, 11) is 0. The first-order valence-electron chi connectivity index (χ1n) is 9.04. The molecule has 140 valence electrons. The summed E-state index contributed by atoms with van der Waals surface area (Å²) in [6.07, 6.45) is 3.56. The summed E-state index contributed by atoms with van der Waals surface area (Å²) >= 11 is 0. The number of rotatable bonds is 3. The lowest BCUT2D eigenvalue weighted by Gasteiger charge is -2.33. The number of amides is 1. The van der Waals surface area contributed by atoms with Gasteiger partial charge in [-0.3, -0.25) is 4.98 Å². The first kappa shape index (κ1) is 18.2.